The predicted octanol–water partition coefficient (Wildman–Crippen LogP) is 4.66. The van der Waals surface area contributed by atoms with E-state index in [1.807, 2.05) is 0 Å². The van der Waals surface area contributed by atoms with E-state index in [2.05, 4.69) is 39.1 Å². The molecule has 1 aromatic heterocycles. The first kappa shape index (κ1) is 16.0. The fourth-order valence-corrected chi connectivity index (χ4v) is 2.88. The summed E-state index contributed by atoms with van der Waals surface area (Å²) < 4.78 is 18.8. The van der Waals surface area contributed by atoms with Crippen molar-refractivity contribution >= 4 is 11.3 Å². The molecule has 2 rings (SSSR count). The highest BCUT2D eigenvalue weighted by molar-refractivity contribution is 7.12. The van der Waals surface area contributed by atoms with Gasteiger partial charge in [-0.25, -0.2) is 4.39 Å². The number of thiophene rings is 1. The SMILES string of the molecule is Cc1sc(CNC(C)(C)C)cc1COc1cccc(F)c1. The Morgan fingerprint density at radius 3 is 2.67 bits per heavy atom. The van der Waals surface area contributed by atoms with Gasteiger partial charge >= 0.3 is 0 Å². The summed E-state index contributed by atoms with van der Waals surface area (Å²) in [5, 5.41) is 3.48. The molecule has 0 aliphatic carbocycles. The first-order valence-corrected chi connectivity index (χ1v) is 7.87. The van der Waals surface area contributed by atoms with Crippen LogP contribution in [0.25, 0.3) is 0 Å². The van der Waals surface area contributed by atoms with Gasteiger partial charge < -0.3 is 10.1 Å². The molecule has 0 fully saturated rings. The molecule has 0 radical (unpaired) electrons. The van der Waals surface area contributed by atoms with E-state index in [1.54, 1.807) is 23.5 Å². The summed E-state index contributed by atoms with van der Waals surface area (Å²) in [7, 11) is 0. The van der Waals surface area contributed by atoms with Gasteiger partial charge in [-0.3, -0.25) is 0 Å². The second kappa shape index (κ2) is 6.58. The van der Waals surface area contributed by atoms with Crippen molar-refractivity contribution in [2.24, 2.45) is 0 Å². The van der Waals surface area contributed by atoms with E-state index in [0.29, 0.717) is 12.4 Å². The van der Waals surface area contributed by atoms with E-state index in [9.17, 15) is 4.39 Å². The Kier molecular flexibility index (Phi) is 5.01. The third kappa shape index (κ3) is 5.14. The van der Waals surface area contributed by atoms with Gasteiger partial charge in [-0.05, 0) is 45.9 Å². The van der Waals surface area contributed by atoms with Gasteiger partial charge in [0, 0.05) is 33.5 Å². The van der Waals surface area contributed by atoms with Crippen molar-refractivity contribution in [1.82, 2.24) is 5.32 Å². The van der Waals surface area contributed by atoms with Crippen LogP contribution in [-0.4, -0.2) is 5.54 Å². The smallest absolute Gasteiger partial charge is 0.126 e. The Hall–Kier alpha value is -1.39. The Morgan fingerprint density at radius 2 is 2.00 bits per heavy atom. The van der Waals surface area contributed by atoms with Crippen LogP contribution in [0.5, 0.6) is 5.75 Å². The normalized spacial score (nSPS) is 11.7. The van der Waals surface area contributed by atoms with Crippen molar-refractivity contribution in [2.75, 3.05) is 0 Å². The van der Waals surface area contributed by atoms with Crippen LogP contribution in [-0.2, 0) is 13.2 Å². The molecule has 0 saturated carbocycles. The molecule has 0 bridgehead atoms. The van der Waals surface area contributed by atoms with Gasteiger partial charge in [-0.1, -0.05) is 6.07 Å². The summed E-state index contributed by atoms with van der Waals surface area (Å²) in [5.41, 5.74) is 1.27. The van der Waals surface area contributed by atoms with E-state index < -0.39 is 0 Å². The Morgan fingerprint density at radius 1 is 1.24 bits per heavy atom. The second-order valence-corrected chi connectivity index (χ2v) is 7.48. The lowest BCUT2D eigenvalue weighted by Gasteiger charge is -2.19. The van der Waals surface area contributed by atoms with Crippen LogP contribution in [0.1, 0.15) is 36.1 Å². The first-order chi connectivity index (χ1) is 9.83. The number of ether oxygens (including phenoxy) is 1. The van der Waals surface area contributed by atoms with Gasteiger partial charge in [-0.15, -0.1) is 11.3 Å². The van der Waals surface area contributed by atoms with Gasteiger partial charge in [0.15, 0.2) is 0 Å². The zero-order valence-electron chi connectivity index (χ0n) is 13.0. The van der Waals surface area contributed by atoms with Crippen molar-refractivity contribution in [3.63, 3.8) is 0 Å². The minimum absolute atomic E-state index is 0.107. The van der Waals surface area contributed by atoms with Crippen molar-refractivity contribution in [3.8, 4) is 5.75 Å². The molecule has 21 heavy (non-hydrogen) atoms. The maximum absolute atomic E-state index is 13.1. The van der Waals surface area contributed by atoms with Crippen molar-refractivity contribution in [2.45, 2.75) is 46.4 Å². The van der Waals surface area contributed by atoms with E-state index in [-0.39, 0.29) is 11.4 Å². The zero-order valence-corrected chi connectivity index (χ0v) is 13.8. The van der Waals surface area contributed by atoms with Crippen LogP contribution in [0.4, 0.5) is 4.39 Å². The fraction of sp³-hybridized carbons (Fsp3) is 0.412. The van der Waals surface area contributed by atoms with Crippen molar-refractivity contribution in [1.29, 1.82) is 0 Å². The Balaban J connectivity index is 1.96. The molecule has 2 aromatic rings. The highest BCUT2D eigenvalue weighted by Crippen LogP contribution is 2.24. The van der Waals surface area contributed by atoms with Crippen LogP contribution < -0.4 is 10.1 Å². The minimum atomic E-state index is -0.274. The third-order valence-corrected chi connectivity index (χ3v) is 4.15. The molecular weight excluding hydrogens is 285 g/mol. The van der Waals surface area contributed by atoms with Crippen LogP contribution >= 0.6 is 11.3 Å². The Bertz CT molecular complexity index is 601. The lowest BCUT2D eigenvalue weighted by Crippen LogP contribution is -2.34. The molecule has 0 unspecified atom stereocenters. The van der Waals surface area contributed by atoms with Crippen LogP contribution in [0.3, 0.4) is 0 Å². The molecule has 1 aromatic carbocycles. The quantitative estimate of drug-likeness (QED) is 0.867. The maximum atomic E-state index is 13.1. The summed E-state index contributed by atoms with van der Waals surface area (Å²) in [4.78, 5) is 2.54. The molecule has 0 saturated heterocycles. The van der Waals surface area contributed by atoms with E-state index in [1.165, 1.54) is 21.9 Å². The molecule has 0 spiro atoms. The number of hydrogen-bond donors (Lipinski definition) is 1. The Labute approximate surface area is 130 Å². The molecule has 4 heteroatoms. The number of rotatable bonds is 5. The van der Waals surface area contributed by atoms with Crippen molar-refractivity contribution in [3.05, 3.63) is 51.5 Å². The molecule has 114 valence electrons. The van der Waals surface area contributed by atoms with E-state index >= 15 is 0 Å². The highest BCUT2D eigenvalue weighted by atomic mass is 32.1. The van der Waals surface area contributed by atoms with Gasteiger partial charge in [0.2, 0.25) is 0 Å². The molecule has 1 N–H and O–H groups in total. The number of benzene rings is 1. The lowest BCUT2D eigenvalue weighted by molar-refractivity contribution is 0.304. The third-order valence-electron chi connectivity index (χ3n) is 3.05. The van der Waals surface area contributed by atoms with Crippen LogP contribution in [0, 0.1) is 12.7 Å². The first-order valence-electron chi connectivity index (χ1n) is 7.05. The average Bonchev–Trinajstić information content (AvgIpc) is 2.74. The molecule has 2 nitrogen and oxygen atoms in total. The molecular formula is C17H22FNOS. The minimum Gasteiger partial charge on any atom is -0.489 e. The summed E-state index contributed by atoms with van der Waals surface area (Å²) >= 11 is 1.78. The summed E-state index contributed by atoms with van der Waals surface area (Å²) in [6.45, 7) is 9.89. The highest BCUT2D eigenvalue weighted by Gasteiger charge is 2.11. The standard InChI is InChI=1S/C17H22FNOS/c1-12-13(8-16(21-12)10-19-17(2,3)4)11-20-15-7-5-6-14(18)9-15/h5-9,19H,10-11H2,1-4H3. The number of aryl methyl sites for hydroxylation is 1. The summed E-state index contributed by atoms with van der Waals surface area (Å²) in [6, 6.07) is 8.41. The predicted molar refractivity (Wildman–Crippen MR) is 86.4 cm³/mol. The number of halogens is 1. The zero-order chi connectivity index (χ0) is 15.5. The molecule has 0 aliphatic heterocycles. The number of nitrogens with one attached hydrogen (secondary N) is 1. The second-order valence-electron chi connectivity index (χ2n) is 6.14. The van der Waals surface area contributed by atoms with Gasteiger partial charge in [-0.2, -0.15) is 0 Å². The molecule has 0 atom stereocenters. The van der Waals surface area contributed by atoms with Gasteiger partial charge in [0.25, 0.3) is 0 Å². The molecule has 1 heterocycles. The summed E-state index contributed by atoms with van der Waals surface area (Å²) in [6.07, 6.45) is 0. The van der Waals surface area contributed by atoms with Crippen molar-refractivity contribution < 1.29 is 9.13 Å². The largest absolute Gasteiger partial charge is 0.489 e. The van der Waals surface area contributed by atoms with Gasteiger partial charge in [0.1, 0.15) is 18.2 Å². The maximum Gasteiger partial charge on any atom is 0.126 e. The average molecular weight is 307 g/mol. The number of hydrogen-bond acceptors (Lipinski definition) is 3. The monoisotopic (exact) mass is 307 g/mol. The fourth-order valence-electron chi connectivity index (χ4n) is 1.89. The topological polar surface area (TPSA) is 21.3 Å². The summed E-state index contributed by atoms with van der Waals surface area (Å²) in [5.74, 6) is 0.291. The molecule has 0 aliphatic rings. The van der Waals surface area contributed by atoms with E-state index in [4.69, 9.17) is 4.74 Å². The molecule has 0 amide bonds. The van der Waals surface area contributed by atoms with Crippen LogP contribution in [0.15, 0.2) is 30.3 Å². The van der Waals surface area contributed by atoms with Crippen LogP contribution in [0.2, 0.25) is 0 Å². The van der Waals surface area contributed by atoms with Gasteiger partial charge in [0.05, 0.1) is 0 Å². The van der Waals surface area contributed by atoms with E-state index in [0.717, 1.165) is 12.1 Å². The lowest BCUT2D eigenvalue weighted by atomic mass is 10.1.